The first kappa shape index (κ1) is 83.8. The zero-order valence-electron chi connectivity index (χ0n) is 61.2. The van der Waals surface area contributed by atoms with E-state index in [4.69, 9.17) is 9.47 Å². The van der Waals surface area contributed by atoms with E-state index in [1.165, 1.54) is 82.7 Å². The van der Waals surface area contributed by atoms with Crippen molar-refractivity contribution in [3.63, 3.8) is 0 Å². The normalized spacial score (nSPS) is 27.6. The molecule has 0 aromatic rings. The van der Waals surface area contributed by atoms with E-state index in [1.807, 2.05) is 41.5 Å². The maximum atomic E-state index is 15.1. The molecule has 2 heterocycles. The SMILES string of the molecule is C/C=C/C[C@@H](C)[C@@H](O)[C@@H]1NC(=O)[C@H](C(C)C)N(C)C(=O)[C@H](CC(C)C)N(C)C(=O)[C@H](CC(C)C)N(C)C(=O)[C@@H](C)NC(=O)[C@H](C)NC(=O)[C@H](CC(C)C)N(C)C(=O)[C@H](C(C)C)NC(=O)[C@H]([C@@H](C)OCCCCN2CCOCC2)N(C)C(=O)[C@@H](C)N(C)C(=O)[C@H](CC)NC1=O. The Labute approximate surface area is 561 Å². The van der Waals surface area contributed by atoms with Crippen LogP contribution in [0.2, 0.25) is 0 Å². The zero-order chi connectivity index (χ0) is 71.9. The second-order valence-electron chi connectivity index (χ2n) is 28.1. The highest BCUT2D eigenvalue weighted by atomic mass is 16.5. The molecule has 2 saturated heterocycles. The largest absolute Gasteiger partial charge is 0.390 e. The number of aliphatic hydroxyl groups is 1. The van der Waals surface area contributed by atoms with Crippen LogP contribution in [0.25, 0.3) is 0 Å². The molecule has 0 aliphatic carbocycles. The minimum absolute atomic E-state index is 0.0128. The predicted octanol–water partition coefficient (Wildman–Crippen LogP) is 2.79. The van der Waals surface area contributed by atoms with Gasteiger partial charge in [-0.15, -0.1) is 0 Å². The number of rotatable bonds is 20. The number of carbonyl (C=O) groups is 11. The standard InChI is InChI=1S/C68H122N12O14/c1-24-26-29-44(13)57(81)54-60(84)71-49(25-2)65(89)74(18)47(16)64(88)79(23)56(48(17)94-33-28-27-30-80-31-34-93-35-32-80)62(86)72-53(42(9)10)68(92)75(19)50(36-39(3)4)59(83)69-45(14)58(82)70-46(15)63(87)76(20)51(37-40(5)6)66(90)77(21)52(38-41(7)8)67(91)78(22)55(43(11)12)61(85)73-54/h24,26,39-57,81H,25,27-38H2,1-23H3,(H,69,83)(H,70,82)(H,71,84)(H,72,86)(H,73,85)/b26-24+/t44-,45+,46-,47-,48-,49+,50+,51+,52+,53+,54+,55+,56+,57-/m1/s1. The summed E-state index contributed by atoms with van der Waals surface area (Å²) in [5.74, 6) is -10.2. The van der Waals surface area contributed by atoms with Crippen molar-refractivity contribution in [2.75, 3.05) is 81.7 Å². The maximum Gasteiger partial charge on any atom is 0.246 e. The van der Waals surface area contributed by atoms with Gasteiger partial charge in [0, 0.05) is 62.0 Å². The van der Waals surface area contributed by atoms with Gasteiger partial charge in [0.1, 0.15) is 66.5 Å². The monoisotopic (exact) mass is 1330 g/mol. The van der Waals surface area contributed by atoms with Crippen LogP contribution in [0.5, 0.6) is 0 Å². The van der Waals surface area contributed by atoms with Crippen LogP contribution >= 0.6 is 0 Å². The number of allylic oxidation sites excluding steroid dienone is 2. The minimum atomic E-state index is -1.69. The molecule has 11 amide bonds. The third-order valence-corrected chi connectivity index (χ3v) is 18.2. The van der Waals surface area contributed by atoms with E-state index in [-0.39, 0.29) is 56.5 Å². The molecule has 0 unspecified atom stereocenters. The lowest BCUT2D eigenvalue weighted by Gasteiger charge is -2.40. The molecule has 14 atom stereocenters. The van der Waals surface area contributed by atoms with E-state index >= 15 is 9.59 Å². The van der Waals surface area contributed by atoms with Crippen molar-refractivity contribution >= 4 is 65.0 Å². The molecule has 0 spiro atoms. The van der Waals surface area contributed by atoms with Crippen LogP contribution in [0, 0.1) is 35.5 Å². The molecule has 538 valence electrons. The summed E-state index contributed by atoms with van der Waals surface area (Å²) in [7, 11) is 8.51. The van der Waals surface area contributed by atoms with E-state index in [0.29, 0.717) is 19.6 Å². The van der Waals surface area contributed by atoms with Crippen molar-refractivity contribution < 1.29 is 67.3 Å². The van der Waals surface area contributed by atoms with Crippen molar-refractivity contribution in [3.05, 3.63) is 12.2 Å². The van der Waals surface area contributed by atoms with E-state index < -0.39 is 161 Å². The van der Waals surface area contributed by atoms with Crippen molar-refractivity contribution in [2.45, 2.75) is 241 Å². The average molecular weight is 1330 g/mol. The van der Waals surface area contributed by atoms with Gasteiger partial charge in [-0.25, -0.2) is 0 Å². The molecule has 2 aliphatic rings. The fraction of sp³-hybridized carbons (Fsp3) is 0.809. The van der Waals surface area contributed by atoms with Gasteiger partial charge in [0.05, 0.1) is 25.4 Å². The zero-order valence-corrected chi connectivity index (χ0v) is 61.2. The summed E-state index contributed by atoms with van der Waals surface area (Å²) in [5.41, 5.74) is 0. The van der Waals surface area contributed by atoms with Gasteiger partial charge in [-0.3, -0.25) is 57.6 Å². The molecule has 26 nitrogen and oxygen atoms in total. The first-order chi connectivity index (χ1) is 43.8. The third kappa shape index (κ3) is 24.1. The van der Waals surface area contributed by atoms with Gasteiger partial charge < -0.3 is 70.6 Å². The van der Waals surface area contributed by atoms with Crippen LogP contribution in [-0.2, 0) is 62.2 Å². The molecule has 2 aliphatic heterocycles. The van der Waals surface area contributed by atoms with Crippen LogP contribution < -0.4 is 26.6 Å². The van der Waals surface area contributed by atoms with Gasteiger partial charge >= 0.3 is 0 Å². The quantitative estimate of drug-likeness (QED) is 0.0755. The van der Waals surface area contributed by atoms with Gasteiger partial charge in [0.15, 0.2) is 0 Å². The summed E-state index contributed by atoms with van der Waals surface area (Å²) in [6, 6.07) is -14.2. The van der Waals surface area contributed by atoms with Gasteiger partial charge in [-0.05, 0) is 122 Å². The number of hydrogen-bond donors (Lipinski definition) is 6. The Morgan fingerprint density at radius 2 is 0.989 bits per heavy atom. The average Bonchev–Trinajstić information content (AvgIpc) is 0.826. The number of morpholine rings is 1. The molecular weight excluding hydrogens is 1210 g/mol. The number of carbonyl (C=O) groups excluding carboxylic acids is 11. The number of ether oxygens (including phenoxy) is 2. The van der Waals surface area contributed by atoms with Crippen LogP contribution in [0.15, 0.2) is 12.2 Å². The first-order valence-electron chi connectivity index (χ1n) is 34.1. The van der Waals surface area contributed by atoms with Crippen LogP contribution in [0.3, 0.4) is 0 Å². The molecule has 0 radical (unpaired) electrons. The number of hydrogen-bond acceptors (Lipinski definition) is 15. The Balaban J connectivity index is 2.97. The van der Waals surface area contributed by atoms with Gasteiger partial charge in [0.25, 0.3) is 0 Å². The number of nitrogens with zero attached hydrogens (tertiary/aromatic N) is 7. The Bertz CT molecular complexity index is 2540. The van der Waals surface area contributed by atoms with Crippen molar-refractivity contribution in [2.24, 2.45) is 35.5 Å². The second kappa shape index (κ2) is 39.7. The molecule has 94 heavy (non-hydrogen) atoms. The summed E-state index contributed by atoms with van der Waals surface area (Å²) < 4.78 is 11.8. The molecular formula is C68H122N12O14. The van der Waals surface area contributed by atoms with Crippen molar-refractivity contribution in [1.29, 1.82) is 0 Å². The fourth-order valence-corrected chi connectivity index (χ4v) is 12.0. The number of aliphatic hydroxyl groups excluding tert-OH is 1. The van der Waals surface area contributed by atoms with Crippen LogP contribution in [0.1, 0.15) is 163 Å². The molecule has 6 N–H and O–H groups in total. The molecule has 0 aromatic carbocycles. The second-order valence-corrected chi connectivity index (χ2v) is 28.1. The molecule has 0 saturated carbocycles. The number of nitrogens with one attached hydrogen (secondary N) is 5. The van der Waals surface area contributed by atoms with Gasteiger partial charge in [-0.2, -0.15) is 0 Å². The summed E-state index contributed by atoms with van der Waals surface area (Å²) in [4.78, 5) is 172. The van der Waals surface area contributed by atoms with Gasteiger partial charge in [-0.1, -0.05) is 95.2 Å². The lowest BCUT2D eigenvalue weighted by atomic mass is 9.92. The predicted molar refractivity (Wildman–Crippen MR) is 361 cm³/mol. The number of likely N-dealkylation sites (N-methyl/N-ethyl adjacent to an activating group) is 6. The summed E-state index contributed by atoms with van der Waals surface area (Å²) in [6.45, 7) is 33.0. The van der Waals surface area contributed by atoms with E-state index in [2.05, 4.69) is 31.5 Å². The molecule has 2 rings (SSSR count). The molecule has 0 aromatic heterocycles. The summed E-state index contributed by atoms with van der Waals surface area (Å²) >= 11 is 0. The van der Waals surface area contributed by atoms with Crippen LogP contribution in [0.4, 0.5) is 0 Å². The lowest BCUT2D eigenvalue weighted by molar-refractivity contribution is -0.154. The highest BCUT2D eigenvalue weighted by molar-refractivity contribution is 6.00. The topological polar surface area (TPSA) is 309 Å². The molecule has 2 fully saturated rings. The summed E-state index contributed by atoms with van der Waals surface area (Å²) in [5, 5.41) is 25.8. The molecule has 0 bridgehead atoms. The highest BCUT2D eigenvalue weighted by Crippen LogP contribution is 2.24. The Morgan fingerprint density at radius 3 is 1.50 bits per heavy atom. The maximum absolute atomic E-state index is 15.1. The van der Waals surface area contributed by atoms with Crippen molar-refractivity contribution in [3.8, 4) is 0 Å². The smallest absolute Gasteiger partial charge is 0.246 e. The highest BCUT2D eigenvalue weighted by Gasteiger charge is 2.45. The Kier molecular flexibility index (Phi) is 35.4. The fourth-order valence-electron chi connectivity index (χ4n) is 12.0. The Hall–Kier alpha value is -6.25. The lowest BCUT2D eigenvalue weighted by Crippen LogP contribution is -2.64. The Morgan fingerprint density at radius 1 is 0.511 bits per heavy atom. The van der Waals surface area contributed by atoms with Gasteiger partial charge in [0.2, 0.25) is 65.0 Å². The number of unbranched alkanes of at least 4 members (excludes halogenated alkanes) is 1. The third-order valence-electron chi connectivity index (χ3n) is 18.2. The first-order valence-corrected chi connectivity index (χ1v) is 34.1. The van der Waals surface area contributed by atoms with E-state index in [0.717, 1.165) is 35.9 Å². The molecule has 26 heteroatoms. The number of amides is 11. The summed E-state index contributed by atoms with van der Waals surface area (Å²) in [6.07, 6.45) is 3.12. The van der Waals surface area contributed by atoms with Crippen LogP contribution in [-0.4, -0.2) is 265 Å². The minimum Gasteiger partial charge on any atom is -0.390 e. The van der Waals surface area contributed by atoms with E-state index in [1.54, 1.807) is 67.5 Å². The van der Waals surface area contributed by atoms with Crippen molar-refractivity contribution in [1.82, 2.24) is 60.9 Å². The van der Waals surface area contributed by atoms with E-state index in [9.17, 15) is 48.3 Å².